The minimum Gasteiger partial charge on any atom is -0.378 e. The molecule has 5 heterocycles. The maximum Gasteiger partial charge on any atom is 0.0667 e. The molecule has 24 unspecified atom stereocenters. The molecule has 456 valence electrons. The van der Waals surface area contributed by atoms with Crippen LogP contribution in [0.25, 0.3) is 0 Å². The quantitative estimate of drug-likeness (QED) is 0.0809. The zero-order chi connectivity index (χ0) is 54.8. The van der Waals surface area contributed by atoms with Gasteiger partial charge in [-0.15, -0.1) is 0 Å². The lowest BCUT2D eigenvalue weighted by atomic mass is 9.58. The van der Waals surface area contributed by atoms with Crippen molar-refractivity contribution < 1.29 is 37.9 Å². The normalized spacial score (nSPS) is 53.1. The van der Waals surface area contributed by atoms with Crippen molar-refractivity contribution in [2.24, 2.45) is 94.7 Å². The predicted molar refractivity (Wildman–Crippen MR) is 308 cm³/mol. The van der Waals surface area contributed by atoms with E-state index in [4.69, 9.17) is 37.9 Å². The first-order valence-electron chi connectivity index (χ1n) is 34.4. The van der Waals surface area contributed by atoms with Gasteiger partial charge in [0, 0.05) is 100 Å². The monoisotopic (exact) mass is 1120 g/mol. The summed E-state index contributed by atoms with van der Waals surface area (Å²) in [6, 6.07) is 0. The highest BCUT2D eigenvalue weighted by molar-refractivity contribution is 5.19. The summed E-state index contributed by atoms with van der Waals surface area (Å²) in [5.41, 5.74) is 0. The van der Waals surface area contributed by atoms with E-state index in [1.807, 2.05) is 0 Å². The average Bonchev–Trinajstić information content (AvgIpc) is 4.40. The highest BCUT2D eigenvalue weighted by Crippen LogP contribution is 2.58. The number of nitrogens with one attached hydrogen (secondary N) is 8. The minimum atomic E-state index is -0.0603. The molecule has 0 radical (unpaired) electrons. The van der Waals surface area contributed by atoms with Crippen LogP contribution in [-0.4, -0.2) is 151 Å². The standard InChI is InChI=1S/C64H112N8O8/c1-9-73-49-33-25-17-18-26-34(33)50(74-10-2)42-41(49)57-65-58(42)70-60-45-46(54(78-14-6)38-30-22-21-29-37(38)53(45)77-13-5)62(67-60)72-64-48-47(55(79-15-7)39-31-23-24-32-40(39)56(48)80-16-8)63(68-64)71-61-44-43(59(66-61)69-57)51(75-11-3)35-27-19-20-28-36(35)52(44)76-12-4/h33-72H,9-32H2,1-8H3. The lowest BCUT2D eigenvalue weighted by Gasteiger charge is -2.54. The summed E-state index contributed by atoms with van der Waals surface area (Å²) in [5.74, 6) is 4.87. The summed E-state index contributed by atoms with van der Waals surface area (Å²) < 4.78 is 58.2. The van der Waals surface area contributed by atoms with Crippen molar-refractivity contribution in [3.8, 4) is 0 Å². The number of hydrogen-bond acceptors (Lipinski definition) is 16. The van der Waals surface area contributed by atoms with Gasteiger partial charge in [-0.2, -0.15) is 0 Å². The lowest BCUT2D eigenvalue weighted by molar-refractivity contribution is -0.179. The largest absolute Gasteiger partial charge is 0.378 e. The Morgan fingerprint density at radius 2 is 0.312 bits per heavy atom. The third kappa shape index (κ3) is 10.1. The molecule has 8 aliphatic carbocycles. The summed E-state index contributed by atoms with van der Waals surface area (Å²) in [6.45, 7) is 23.5. The summed E-state index contributed by atoms with van der Waals surface area (Å²) >= 11 is 0. The molecule has 13 rings (SSSR count). The fourth-order valence-corrected chi connectivity index (χ4v) is 22.5. The van der Waals surface area contributed by atoms with E-state index >= 15 is 0 Å². The van der Waals surface area contributed by atoms with Crippen molar-refractivity contribution in [2.75, 3.05) is 52.9 Å². The van der Waals surface area contributed by atoms with Gasteiger partial charge in [-0.05, 0) is 154 Å². The van der Waals surface area contributed by atoms with E-state index in [9.17, 15) is 0 Å². The van der Waals surface area contributed by atoms with Crippen LogP contribution in [0.1, 0.15) is 158 Å². The van der Waals surface area contributed by atoms with Gasteiger partial charge in [0.2, 0.25) is 0 Å². The molecule has 16 heteroatoms. The second kappa shape index (κ2) is 25.6. The van der Waals surface area contributed by atoms with Crippen LogP contribution in [0, 0.1) is 94.7 Å². The number of ether oxygens (including phenoxy) is 8. The Morgan fingerprint density at radius 1 is 0.200 bits per heavy atom. The Kier molecular flexibility index (Phi) is 18.7. The van der Waals surface area contributed by atoms with Gasteiger partial charge in [-0.3, -0.25) is 42.5 Å². The van der Waals surface area contributed by atoms with Crippen molar-refractivity contribution >= 4 is 0 Å². The zero-order valence-corrected chi connectivity index (χ0v) is 50.7. The average molecular weight is 1120 g/mol. The van der Waals surface area contributed by atoms with E-state index in [1.54, 1.807) is 0 Å². The molecule has 5 aliphatic heterocycles. The molecule has 0 aromatic rings. The van der Waals surface area contributed by atoms with Crippen molar-refractivity contribution in [1.82, 2.24) is 42.5 Å². The first-order valence-corrected chi connectivity index (χ1v) is 34.4. The van der Waals surface area contributed by atoms with Crippen LogP contribution in [-0.2, 0) is 37.9 Å². The van der Waals surface area contributed by atoms with Crippen LogP contribution < -0.4 is 42.5 Å². The number of hydrogen-bond donors (Lipinski definition) is 8. The molecule has 0 spiro atoms. The van der Waals surface area contributed by atoms with Crippen LogP contribution in [0.5, 0.6) is 0 Å². The van der Waals surface area contributed by atoms with Crippen LogP contribution in [0.4, 0.5) is 0 Å². The van der Waals surface area contributed by atoms with Gasteiger partial charge in [0.25, 0.3) is 0 Å². The second-order valence-electron chi connectivity index (χ2n) is 27.6. The fraction of sp³-hybridized carbons (Fsp3) is 1.00. The van der Waals surface area contributed by atoms with Crippen LogP contribution in [0.2, 0.25) is 0 Å². The van der Waals surface area contributed by atoms with E-state index in [2.05, 4.69) is 97.9 Å². The Balaban J connectivity index is 0.984. The molecule has 0 aromatic carbocycles. The summed E-state index contributed by atoms with van der Waals surface area (Å²) in [5, 5.41) is 36.2. The van der Waals surface area contributed by atoms with Gasteiger partial charge in [0.05, 0.1) is 98.2 Å². The van der Waals surface area contributed by atoms with Gasteiger partial charge in [0.15, 0.2) is 0 Å². The predicted octanol–water partition coefficient (Wildman–Crippen LogP) is 6.83. The summed E-state index contributed by atoms with van der Waals surface area (Å²) in [7, 11) is 0. The van der Waals surface area contributed by atoms with Crippen LogP contribution in [0.3, 0.4) is 0 Å². The molecule has 8 N–H and O–H groups in total. The maximum absolute atomic E-state index is 7.27. The van der Waals surface area contributed by atoms with E-state index in [0.717, 1.165) is 0 Å². The molecule has 0 amide bonds. The SMILES string of the molecule is CCOC1C2CCCCC2C(OCC)C2C3NC(NC4NC(NC5NC(NC6NC(N3)C3C(OCC)C7CCCCC7C(OCC)C63)C3C(OCC)C6CCCCC6C(OCC)C53)C3C(OCC)C5CCCCC5C(OCC)C43)C12. The Morgan fingerprint density at radius 3 is 0.412 bits per heavy atom. The molecular weight excluding hydrogens is 1010 g/mol. The van der Waals surface area contributed by atoms with Gasteiger partial charge in [-0.1, -0.05) is 51.4 Å². The van der Waals surface area contributed by atoms with E-state index in [-0.39, 0.29) is 146 Å². The number of fused-ring (bicyclic) bond motifs is 24. The molecule has 13 fully saturated rings. The third-order valence-electron chi connectivity index (χ3n) is 24.5. The second-order valence-corrected chi connectivity index (χ2v) is 27.6. The Labute approximate surface area is 482 Å². The van der Waals surface area contributed by atoms with Gasteiger partial charge in [-0.25, -0.2) is 0 Å². The van der Waals surface area contributed by atoms with Crippen molar-refractivity contribution in [2.45, 2.75) is 256 Å². The summed E-state index contributed by atoms with van der Waals surface area (Å²) in [6.07, 6.45) is 19.9. The first kappa shape index (κ1) is 58.4. The third-order valence-corrected chi connectivity index (χ3v) is 24.5. The molecule has 16 nitrogen and oxygen atoms in total. The van der Waals surface area contributed by atoms with Gasteiger partial charge < -0.3 is 37.9 Å². The smallest absolute Gasteiger partial charge is 0.0667 e. The molecule has 0 aromatic heterocycles. The molecular formula is C64H112N8O8. The fourth-order valence-electron chi connectivity index (χ4n) is 22.5. The zero-order valence-electron chi connectivity index (χ0n) is 50.7. The molecule has 24 atom stereocenters. The molecule has 8 saturated carbocycles. The maximum atomic E-state index is 7.27. The van der Waals surface area contributed by atoms with Crippen LogP contribution in [0.15, 0.2) is 0 Å². The highest BCUT2D eigenvalue weighted by Gasteiger charge is 2.68. The van der Waals surface area contributed by atoms with Crippen LogP contribution >= 0.6 is 0 Å². The minimum absolute atomic E-state index is 0.0603. The van der Waals surface area contributed by atoms with Gasteiger partial charge in [0.1, 0.15) is 0 Å². The molecule has 80 heavy (non-hydrogen) atoms. The molecule has 13 aliphatic rings. The Hall–Kier alpha value is -0.640. The lowest BCUT2D eigenvalue weighted by Crippen LogP contribution is -2.63. The highest BCUT2D eigenvalue weighted by atomic mass is 16.5. The summed E-state index contributed by atoms with van der Waals surface area (Å²) in [4.78, 5) is 0. The topological polar surface area (TPSA) is 170 Å². The van der Waals surface area contributed by atoms with Crippen molar-refractivity contribution in [3.63, 3.8) is 0 Å². The van der Waals surface area contributed by atoms with E-state index in [0.29, 0.717) is 100 Å². The number of rotatable bonds is 16. The molecule has 5 saturated heterocycles. The van der Waals surface area contributed by atoms with E-state index < -0.39 is 0 Å². The van der Waals surface area contributed by atoms with Crippen molar-refractivity contribution in [3.05, 3.63) is 0 Å². The van der Waals surface area contributed by atoms with Gasteiger partial charge >= 0.3 is 0 Å². The van der Waals surface area contributed by atoms with E-state index in [1.165, 1.54) is 103 Å². The first-order chi connectivity index (χ1) is 39.4. The Bertz CT molecular complexity index is 1600. The molecule has 8 bridgehead atoms. The van der Waals surface area contributed by atoms with Crippen molar-refractivity contribution in [1.29, 1.82) is 0 Å².